The highest BCUT2D eigenvalue weighted by Gasteiger charge is 2.14. The highest BCUT2D eigenvalue weighted by molar-refractivity contribution is 8.13. The predicted molar refractivity (Wildman–Crippen MR) is 90.6 cm³/mol. The zero-order valence-electron chi connectivity index (χ0n) is 13.8. The third-order valence-corrected chi connectivity index (χ3v) is 3.77. The number of hydrogen-bond donors (Lipinski definition) is 0. The summed E-state index contributed by atoms with van der Waals surface area (Å²) in [6, 6.07) is 4.43. The van der Waals surface area contributed by atoms with Crippen molar-refractivity contribution in [2.75, 3.05) is 7.11 Å². The molecule has 0 fully saturated rings. The quantitative estimate of drug-likeness (QED) is 0.782. The molecule has 7 heteroatoms. The highest BCUT2D eigenvalue weighted by Crippen LogP contribution is 2.27. The number of hydrogen-bond acceptors (Lipinski definition) is 4. The van der Waals surface area contributed by atoms with Crippen LogP contribution in [0.15, 0.2) is 35.6 Å². The summed E-state index contributed by atoms with van der Waals surface area (Å²) in [5.74, 6) is 0.411. The van der Waals surface area contributed by atoms with Crippen molar-refractivity contribution in [3.05, 3.63) is 36.4 Å². The van der Waals surface area contributed by atoms with Gasteiger partial charge >= 0.3 is 0 Å². The van der Waals surface area contributed by atoms with Gasteiger partial charge in [-0.25, -0.2) is 13.4 Å². The van der Waals surface area contributed by atoms with Gasteiger partial charge in [-0.3, -0.25) is 0 Å². The number of rotatable bonds is 3. The first-order valence-electron chi connectivity index (χ1n) is 7.05. The van der Waals surface area contributed by atoms with Crippen LogP contribution in [0.5, 0.6) is 5.75 Å². The van der Waals surface area contributed by atoms with Crippen LogP contribution in [0.4, 0.5) is 0 Å². The minimum atomic E-state index is -3.76. The molecule has 0 aliphatic heterocycles. The van der Waals surface area contributed by atoms with E-state index in [1.807, 2.05) is 40.8 Å². The molecule has 0 bridgehead atoms. The lowest BCUT2D eigenvalue weighted by Crippen LogP contribution is -1.98. The Morgan fingerprint density at radius 3 is 2.18 bits per heavy atom. The zero-order chi connectivity index (χ0) is 17.3. The van der Waals surface area contributed by atoms with E-state index in [1.54, 1.807) is 17.0 Å². The van der Waals surface area contributed by atoms with Crippen LogP contribution >= 0.6 is 10.7 Å². The number of aromatic nitrogens is 2. The van der Waals surface area contributed by atoms with Crippen molar-refractivity contribution in [3.8, 4) is 11.4 Å². The van der Waals surface area contributed by atoms with Gasteiger partial charge in [0.15, 0.2) is 0 Å². The Labute approximate surface area is 137 Å². The van der Waals surface area contributed by atoms with Crippen molar-refractivity contribution < 1.29 is 13.2 Å². The van der Waals surface area contributed by atoms with Crippen LogP contribution in [0, 0.1) is 6.92 Å². The van der Waals surface area contributed by atoms with E-state index in [1.165, 1.54) is 19.2 Å². The number of benzene rings is 1. The molecule has 1 aromatic heterocycles. The smallest absolute Gasteiger partial charge is 0.261 e. The highest BCUT2D eigenvalue weighted by atomic mass is 35.7. The average molecular weight is 347 g/mol. The Morgan fingerprint density at radius 1 is 1.18 bits per heavy atom. The lowest BCUT2D eigenvalue weighted by atomic mass is 10.3. The Kier molecular flexibility index (Phi) is 8.82. The van der Waals surface area contributed by atoms with Crippen LogP contribution in [-0.4, -0.2) is 25.1 Å². The number of methoxy groups -OCH3 is 1. The average Bonchev–Trinajstić information content (AvgIpc) is 2.96. The van der Waals surface area contributed by atoms with Crippen LogP contribution in [0.2, 0.25) is 0 Å². The first-order chi connectivity index (χ1) is 10.4. The second kappa shape index (κ2) is 9.48. The maximum absolute atomic E-state index is 11.2. The molecule has 2 rings (SSSR count). The van der Waals surface area contributed by atoms with E-state index in [2.05, 4.69) is 4.98 Å². The zero-order valence-corrected chi connectivity index (χ0v) is 15.4. The number of aryl methyl sites for hydroxylation is 1. The molecule has 124 valence electrons. The largest absolute Gasteiger partial charge is 0.495 e. The van der Waals surface area contributed by atoms with E-state index < -0.39 is 9.05 Å². The van der Waals surface area contributed by atoms with E-state index in [-0.39, 0.29) is 4.90 Å². The van der Waals surface area contributed by atoms with E-state index in [9.17, 15) is 8.42 Å². The van der Waals surface area contributed by atoms with Gasteiger partial charge in [0.05, 0.1) is 29.7 Å². The van der Waals surface area contributed by atoms with Gasteiger partial charge in [-0.05, 0) is 19.1 Å². The van der Waals surface area contributed by atoms with Gasteiger partial charge in [0.1, 0.15) is 5.75 Å². The van der Waals surface area contributed by atoms with Gasteiger partial charge in [-0.2, -0.15) is 0 Å². The second-order valence-electron chi connectivity index (χ2n) is 3.69. The molecule has 0 N–H and O–H groups in total. The van der Waals surface area contributed by atoms with E-state index >= 15 is 0 Å². The first kappa shape index (κ1) is 20.5. The monoisotopic (exact) mass is 346 g/mol. The maximum Gasteiger partial charge on any atom is 0.261 e. The molecule has 0 atom stereocenters. The summed E-state index contributed by atoms with van der Waals surface area (Å²) in [5, 5.41) is 0. The topological polar surface area (TPSA) is 61.2 Å². The van der Waals surface area contributed by atoms with Crippen LogP contribution in [-0.2, 0) is 9.05 Å². The summed E-state index contributed by atoms with van der Waals surface area (Å²) in [5.41, 5.74) is 1.55. The van der Waals surface area contributed by atoms with Gasteiger partial charge in [-0.15, -0.1) is 0 Å². The summed E-state index contributed by atoms with van der Waals surface area (Å²) < 4.78 is 29.4. The lowest BCUT2D eigenvalue weighted by molar-refractivity contribution is 0.411. The van der Waals surface area contributed by atoms with Gasteiger partial charge in [0, 0.05) is 22.9 Å². The normalized spacial score (nSPS) is 9.95. The van der Waals surface area contributed by atoms with Crippen molar-refractivity contribution in [3.63, 3.8) is 0 Å². The Hall–Kier alpha value is -1.53. The predicted octanol–water partition coefficient (Wildman–Crippen LogP) is 4.17. The second-order valence-corrected chi connectivity index (χ2v) is 6.26. The Bertz CT molecular complexity index is 682. The van der Waals surface area contributed by atoms with Crippen molar-refractivity contribution >= 4 is 19.7 Å². The number of nitrogens with zero attached hydrogens (tertiary/aromatic N) is 2. The molecule has 0 unspecified atom stereocenters. The molecule has 0 saturated carbocycles. The molecule has 5 nitrogen and oxygen atoms in total. The molecule has 1 aromatic carbocycles. The van der Waals surface area contributed by atoms with Crippen LogP contribution in [0.1, 0.15) is 33.4 Å². The van der Waals surface area contributed by atoms with E-state index in [4.69, 9.17) is 15.4 Å². The maximum atomic E-state index is 11.2. The summed E-state index contributed by atoms with van der Waals surface area (Å²) in [6.07, 6.45) is 3.44. The Balaban J connectivity index is 0.00000102. The third kappa shape index (κ3) is 5.35. The SMILES string of the molecule is CC.CC.COc1cc(S(=O)(=O)Cl)ccc1-n1cnc(C)c1. The third-order valence-electron chi connectivity index (χ3n) is 2.42. The molecule has 0 aliphatic carbocycles. The molecule has 1 heterocycles. The standard InChI is InChI=1S/C11H11ClN2O3S.2C2H6/c1-8-6-14(7-13-8)10-4-3-9(18(12,15)16)5-11(10)17-2;2*1-2/h3-7H,1-2H3;2*1-2H3. The van der Waals surface area contributed by atoms with Gasteiger partial charge in [-0.1, -0.05) is 27.7 Å². The minimum Gasteiger partial charge on any atom is -0.495 e. The number of ether oxygens (including phenoxy) is 1. The van der Waals surface area contributed by atoms with Gasteiger partial charge in [0.2, 0.25) is 0 Å². The van der Waals surface area contributed by atoms with Crippen molar-refractivity contribution in [2.45, 2.75) is 39.5 Å². The number of imidazole rings is 1. The van der Waals surface area contributed by atoms with Crippen molar-refractivity contribution in [2.24, 2.45) is 0 Å². The fourth-order valence-electron chi connectivity index (χ4n) is 1.58. The summed E-state index contributed by atoms with van der Waals surface area (Å²) >= 11 is 0. The molecular weight excluding hydrogens is 324 g/mol. The Morgan fingerprint density at radius 2 is 1.77 bits per heavy atom. The summed E-state index contributed by atoms with van der Waals surface area (Å²) in [4.78, 5) is 4.10. The lowest BCUT2D eigenvalue weighted by Gasteiger charge is -2.09. The molecule has 22 heavy (non-hydrogen) atoms. The molecule has 0 aliphatic rings. The molecule has 0 spiro atoms. The van der Waals surface area contributed by atoms with Crippen LogP contribution < -0.4 is 4.74 Å². The van der Waals surface area contributed by atoms with E-state index in [0.29, 0.717) is 11.4 Å². The van der Waals surface area contributed by atoms with Crippen LogP contribution in [0.25, 0.3) is 5.69 Å². The molecule has 0 amide bonds. The molecule has 0 radical (unpaired) electrons. The first-order valence-corrected chi connectivity index (χ1v) is 9.36. The van der Waals surface area contributed by atoms with Crippen LogP contribution in [0.3, 0.4) is 0 Å². The fraction of sp³-hybridized carbons (Fsp3) is 0.400. The fourth-order valence-corrected chi connectivity index (χ4v) is 2.34. The minimum absolute atomic E-state index is 0.00149. The van der Waals surface area contributed by atoms with Crippen molar-refractivity contribution in [1.29, 1.82) is 0 Å². The van der Waals surface area contributed by atoms with Gasteiger partial charge < -0.3 is 9.30 Å². The molecule has 0 saturated heterocycles. The van der Waals surface area contributed by atoms with E-state index in [0.717, 1.165) is 5.69 Å². The summed E-state index contributed by atoms with van der Waals surface area (Å²) in [6.45, 7) is 9.86. The summed E-state index contributed by atoms with van der Waals surface area (Å²) in [7, 11) is 2.99. The van der Waals surface area contributed by atoms with Crippen molar-refractivity contribution in [1.82, 2.24) is 9.55 Å². The number of halogens is 1. The molecule has 2 aromatic rings. The molecular formula is C15H23ClN2O3S. The van der Waals surface area contributed by atoms with Gasteiger partial charge in [0.25, 0.3) is 9.05 Å².